The van der Waals surface area contributed by atoms with Crippen molar-refractivity contribution >= 4 is 11.8 Å². The Labute approximate surface area is 102 Å². The summed E-state index contributed by atoms with van der Waals surface area (Å²) in [5, 5.41) is 0. The molecule has 0 aliphatic carbocycles. The minimum atomic E-state index is 0.180. The summed E-state index contributed by atoms with van der Waals surface area (Å²) in [5.74, 6) is 4.04. The first-order valence-electron chi connectivity index (χ1n) is 5.70. The molecular formula is C13H19NOS. The fourth-order valence-electron chi connectivity index (χ4n) is 2.22. The van der Waals surface area contributed by atoms with Crippen LogP contribution in [-0.4, -0.2) is 18.6 Å². The Morgan fingerprint density at radius 2 is 2.31 bits per heavy atom. The van der Waals surface area contributed by atoms with E-state index >= 15 is 0 Å². The van der Waals surface area contributed by atoms with E-state index in [1.807, 2.05) is 17.8 Å². The number of ether oxygens (including phenoxy) is 1. The predicted octanol–water partition coefficient (Wildman–Crippen LogP) is 2.76. The first kappa shape index (κ1) is 11.8. The Balaban J connectivity index is 2.16. The maximum Gasteiger partial charge on any atom is 0.121 e. The van der Waals surface area contributed by atoms with E-state index in [1.165, 1.54) is 29.1 Å². The van der Waals surface area contributed by atoms with Crippen LogP contribution in [0.15, 0.2) is 18.2 Å². The van der Waals surface area contributed by atoms with Crippen LogP contribution in [0, 0.1) is 12.8 Å². The quantitative estimate of drug-likeness (QED) is 0.878. The number of methoxy groups -OCH3 is 1. The highest BCUT2D eigenvalue weighted by molar-refractivity contribution is 7.99. The number of aryl methyl sites for hydroxylation is 1. The molecule has 2 atom stereocenters. The molecule has 88 valence electrons. The lowest BCUT2D eigenvalue weighted by atomic mass is 9.92. The lowest BCUT2D eigenvalue weighted by Gasteiger charge is -2.19. The van der Waals surface area contributed by atoms with Crippen LogP contribution < -0.4 is 10.5 Å². The molecule has 1 aromatic carbocycles. The molecule has 2 unspecified atom stereocenters. The van der Waals surface area contributed by atoms with E-state index in [9.17, 15) is 0 Å². The molecule has 16 heavy (non-hydrogen) atoms. The Morgan fingerprint density at radius 3 is 2.88 bits per heavy atom. The summed E-state index contributed by atoms with van der Waals surface area (Å²) in [5.41, 5.74) is 8.72. The molecule has 1 aliphatic rings. The van der Waals surface area contributed by atoms with Gasteiger partial charge in [0.05, 0.1) is 7.11 Å². The second-order valence-corrected chi connectivity index (χ2v) is 5.53. The number of rotatable bonds is 3. The van der Waals surface area contributed by atoms with E-state index in [0.717, 1.165) is 5.75 Å². The molecular weight excluding hydrogens is 218 g/mol. The van der Waals surface area contributed by atoms with Crippen molar-refractivity contribution in [3.63, 3.8) is 0 Å². The molecule has 0 saturated carbocycles. The van der Waals surface area contributed by atoms with Crippen LogP contribution in [0.3, 0.4) is 0 Å². The van der Waals surface area contributed by atoms with Crippen molar-refractivity contribution in [2.75, 3.05) is 18.6 Å². The van der Waals surface area contributed by atoms with Crippen molar-refractivity contribution in [1.29, 1.82) is 0 Å². The molecule has 1 saturated heterocycles. The van der Waals surface area contributed by atoms with Crippen LogP contribution in [0.25, 0.3) is 0 Å². The van der Waals surface area contributed by atoms with Crippen LogP contribution in [-0.2, 0) is 0 Å². The normalized spacial score (nSPS) is 22.1. The molecule has 2 nitrogen and oxygen atoms in total. The molecule has 1 aromatic rings. The van der Waals surface area contributed by atoms with Crippen molar-refractivity contribution in [1.82, 2.24) is 0 Å². The molecule has 1 fully saturated rings. The Hall–Kier alpha value is -0.670. The average Bonchev–Trinajstić information content (AvgIpc) is 2.81. The van der Waals surface area contributed by atoms with E-state index in [0.29, 0.717) is 5.92 Å². The van der Waals surface area contributed by atoms with Gasteiger partial charge in [-0.3, -0.25) is 0 Å². The van der Waals surface area contributed by atoms with E-state index in [-0.39, 0.29) is 6.04 Å². The predicted molar refractivity (Wildman–Crippen MR) is 70.1 cm³/mol. The largest absolute Gasteiger partial charge is 0.496 e. The summed E-state index contributed by atoms with van der Waals surface area (Å²) >= 11 is 2.01. The standard InChI is InChI=1S/C13H19NOS/c1-9-7-10(3-4-12(9)15-2)13(14)11-5-6-16-8-11/h3-4,7,11,13H,5-6,8,14H2,1-2H3. The number of hydrogen-bond donors (Lipinski definition) is 1. The monoisotopic (exact) mass is 237 g/mol. The fourth-order valence-corrected chi connectivity index (χ4v) is 3.53. The van der Waals surface area contributed by atoms with Gasteiger partial charge in [-0.25, -0.2) is 0 Å². The molecule has 2 N–H and O–H groups in total. The molecule has 0 amide bonds. The van der Waals surface area contributed by atoms with Gasteiger partial charge in [-0.1, -0.05) is 12.1 Å². The Bertz CT molecular complexity index is 361. The fraction of sp³-hybridized carbons (Fsp3) is 0.538. The molecule has 1 heterocycles. The SMILES string of the molecule is COc1ccc(C(N)C2CCSC2)cc1C. The summed E-state index contributed by atoms with van der Waals surface area (Å²) in [6.07, 6.45) is 1.25. The average molecular weight is 237 g/mol. The van der Waals surface area contributed by atoms with Gasteiger partial charge in [-0.05, 0) is 48.0 Å². The summed E-state index contributed by atoms with van der Waals surface area (Å²) in [6, 6.07) is 6.46. The molecule has 3 heteroatoms. The lowest BCUT2D eigenvalue weighted by Crippen LogP contribution is -2.21. The lowest BCUT2D eigenvalue weighted by molar-refractivity contribution is 0.410. The van der Waals surface area contributed by atoms with Gasteiger partial charge in [0, 0.05) is 6.04 Å². The van der Waals surface area contributed by atoms with Crippen LogP contribution in [0.1, 0.15) is 23.6 Å². The summed E-state index contributed by atoms with van der Waals surface area (Å²) < 4.78 is 5.26. The Morgan fingerprint density at radius 1 is 1.50 bits per heavy atom. The summed E-state index contributed by atoms with van der Waals surface area (Å²) in [7, 11) is 1.70. The highest BCUT2D eigenvalue weighted by Crippen LogP contribution is 2.33. The molecule has 0 aromatic heterocycles. The van der Waals surface area contributed by atoms with Gasteiger partial charge in [0.2, 0.25) is 0 Å². The molecule has 1 aliphatic heterocycles. The van der Waals surface area contributed by atoms with Crippen molar-refractivity contribution in [2.24, 2.45) is 11.7 Å². The Kier molecular flexibility index (Phi) is 3.77. The third kappa shape index (κ3) is 2.36. The second kappa shape index (κ2) is 5.11. The van der Waals surface area contributed by atoms with Gasteiger partial charge >= 0.3 is 0 Å². The van der Waals surface area contributed by atoms with E-state index in [4.69, 9.17) is 10.5 Å². The second-order valence-electron chi connectivity index (χ2n) is 4.38. The van der Waals surface area contributed by atoms with Gasteiger partial charge in [0.1, 0.15) is 5.75 Å². The van der Waals surface area contributed by atoms with E-state index in [1.54, 1.807) is 7.11 Å². The van der Waals surface area contributed by atoms with Crippen molar-refractivity contribution < 1.29 is 4.74 Å². The minimum absolute atomic E-state index is 0.180. The van der Waals surface area contributed by atoms with Crippen LogP contribution in [0.4, 0.5) is 0 Å². The minimum Gasteiger partial charge on any atom is -0.496 e. The zero-order chi connectivity index (χ0) is 11.5. The van der Waals surface area contributed by atoms with Crippen molar-refractivity contribution in [2.45, 2.75) is 19.4 Å². The molecule has 0 spiro atoms. The smallest absolute Gasteiger partial charge is 0.121 e. The van der Waals surface area contributed by atoms with Crippen LogP contribution >= 0.6 is 11.8 Å². The highest BCUT2D eigenvalue weighted by Gasteiger charge is 2.23. The van der Waals surface area contributed by atoms with Crippen molar-refractivity contribution in [3.05, 3.63) is 29.3 Å². The zero-order valence-corrected chi connectivity index (χ0v) is 10.7. The maximum absolute atomic E-state index is 6.31. The number of nitrogens with two attached hydrogens (primary N) is 1. The van der Waals surface area contributed by atoms with E-state index < -0.39 is 0 Å². The third-order valence-electron chi connectivity index (χ3n) is 3.28. The van der Waals surface area contributed by atoms with Crippen LogP contribution in [0.2, 0.25) is 0 Å². The maximum atomic E-state index is 6.31. The highest BCUT2D eigenvalue weighted by atomic mass is 32.2. The molecule has 0 bridgehead atoms. The van der Waals surface area contributed by atoms with Gasteiger partial charge in [-0.2, -0.15) is 11.8 Å². The van der Waals surface area contributed by atoms with E-state index in [2.05, 4.69) is 19.1 Å². The number of hydrogen-bond acceptors (Lipinski definition) is 3. The number of benzene rings is 1. The first-order valence-corrected chi connectivity index (χ1v) is 6.85. The van der Waals surface area contributed by atoms with Gasteiger partial charge in [0.15, 0.2) is 0 Å². The number of thioether (sulfide) groups is 1. The van der Waals surface area contributed by atoms with Gasteiger partial charge in [0.25, 0.3) is 0 Å². The summed E-state index contributed by atoms with van der Waals surface area (Å²) in [4.78, 5) is 0. The molecule has 0 radical (unpaired) electrons. The third-order valence-corrected chi connectivity index (χ3v) is 4.46. The van der Waals surface area contributed by atoms with Crippen molar-refractivity contribution in [3.8, 4) is 5.75 Å². The van der Waals surface area contributed by atoms with Gasteiger partial charge in [-0.15, -0.1) is 0 Å². The summed E-state index contributed by atoms with van der Waals surface area (Å²) in [6.45, 7) is 2.07. The zero-order valence-electron chi connectivity index (χ0n) is 9.90. The van der Waals surface area contributed by atoms with Gasteiger partial charge < -0.3 is 10.5 Å². The first-order chi connectivity index (χ1) is 7.72. The molecule has 2 rings (SSSR count). The topological polar surface area (TPSA) is 35.2 Å². The van der Waals surface area contributed by atoms with Crippen LogP contribution in [0.5, 0.6) is 5.75 Å².